The number of rotatable bonds is 10. The van der Waals surface area contributed by atoms with E-state index >= 15 is 0 Å². The van der Waals surface area contributed by atoms with Crippen molar-refractivity contribution in [2.24, 2.45) is 0 Å². The highest BCUT2D eigenvalue weighted by molar-refractivity contribution is 7.92. The van der Waals surface area contributed by atoms with E-state index in [1.165, 1.54) is 28.6 Å². The first-order valence-corrected chi connectivity index (χ1v) is 11.7. The molecule has 0 aliphatic heterocycles. The monoisotopic (exact) mass is 436 g/mol. The number of hydrogen-bond acceptors (Lipinski definition) is 4. The fraction of sp³-hybridized carbons (Fsp3) is 0.409. The molecule has 2 aromatic rings. The third-order valence-corrected chi connectivity index (χ3v) is 6.04. The molecule has 0 aliphatic rings. The number of carbonyl (C=O) groups is 1. The van der Waals surface area contributed by atoms with Gasteiger partial charge in [0.05, 0.1) is 25.1 Å². The molecule has 0 unspecified atom stereocenters. The molecule has 0 fully saturated rings. The number of carbonyl (C=O) groups excluding carboxylic acids is 1. The molecule has 0 aliphatic carbocycles. The van der Waals surface area contributed by atoms with Gasteiger partial charge in [-0.05, 0) is 61.2 Å². The van der Waals surface area contributed by atoms with E-state index in [0.717, 1.165) is 29.6 Å². The van der Waals surface area contributed by atoms with Crippen LogP contribution < -0.4 is 14.4 Å². The van der Waals surface area contributed by atoms with Gasteiger partial charge in [0.25, 0.3) is 0 Å². The molecule has 6 nitrogen and oxygen atoms in total. The van der Waals surface area contributed by atoms with Crippen LogP contribution in [0, 0.1) is 12.7 Å². The summed E-state index contributed by atoms with van der Waals surface area (Å²) in [5.74, 6) is 0.204. The van der Waals surface area contributed by atoms with Crippen molar-refractivity contribution in [3.8, 4) is 5.75 Å². The second kappa shape index (κ2) is 10.4. The van der Waals surface area contributed by atoms with E-state index in [2.05, 4.69) is 5.32 Å². The van der Waals surface area contributed by atoms with Gasteiger partial charge in [0.15, 0.2) is 0 Å². The Kier molecular flexibility index (Phi) is 8.23. The number of halogens is 1. The molecule has 0 saturated carbocycles. The van der Waals surface area contributed by atoms with Crippen LogP contribution in [0.15, 0.2) is 42.5 Å². The molecule has 2 aromatic carbocycles. The van der Waals surface area contributed by atoms with Gasteiger partial charge in [-0.2, -0.15) is 0 Å². The van der Waals surface area contributed by atoms with E-state index in [1.807, 2.05) is 32.0 Å². The first kappa shape index (κ1) is 23.7. The van der Waals surface area contributed by atoms with Crippen LogP contribution >= 0.6 is 0 Å². The molecule has 1 N–H and O–H groups in total. The van der Waals surface area contributed by atoms with Gasteiger partial charge in [0.2, 0.25) is 15.9 Å². The van der Waals surface area contributed by atoms with Crippen molar-refractivity contribution in [1.82, 2.24) is 5.32 Å². The smallest absolute Gasteiger partial charge is 0.232 e. The van der Waals surface area contributed by atoms with Gasteiger partial charge < -0.3 is 10.1 Å². The predicted molar refractivity (Wildman–Crippen MR) is 117 cm³/mol. The molecule has 1 atom stereocenters. The largest absolute Gasteiger partial charge is 0.496 e. The lowest BCUT2D eigenvalue weighted by Gasteiger charge is -2.23. The Morgan fingerprint density at radius 2 is 1.87 bits per heavy atom. The summed E-state index contributed by atoms with van der Waals surface area (Å²) in [6, 6.07) is 10.9. The average Bonchev–Trinajstić information content (AvgIpc) is 2.69. The predicted octanol–water partition coefficient (Wildman–Crippen LogP) is 3.96. The van der Waals surface area contributed by atoms with Crippen LogP contribution in [0.4, 0.5) is 10.1 Å². The number of sulfonamides is 1. The third-order valence-electron chi connectivity index (χ3n) is 4.84. The fourth-order valence-electron chi connectivity index (χ4n) is 3.28. The zero-order valence-electron chi connectivity index (χ0n) is 17.8. The third kappa shape index (κ3) is 6.45. The van der Waals surface area contributed by atoms with Crippen LogP contribution in [0.1, 0.15) is 43.4 Å². The maximum absolute atomic E-state index is 13.1. The van der Waals surface area contributed by atoms with E-state index < -0.39 is 15.8 Å². The number of ether oxygens (including phenoxy) is 1. The van der Waals surface area contributed by atoms with Gasteiger partial charge in [-0.25, -0.2) is 12.8 Å². The minimum atomic E-state index is -3.54. The molecular formula is C22H29FN2O4S. The summed E-state index contributed by atoms with van der Waals surface area (Å²) >= 11 is 0. The molecule has 0 aromatic heterocycles. The van der Waals surface area contributed by atoms with Crippen molar-refractivity contribution in [3.05, 3.63) is 59.4 Å². The average molecular weight is 437 g/mol. The van der Waals surface area contributed by atoms with E-state index in [-0.39, 0.29) is 24.9 Å². The molecule has 8 heteroatoms. The Morgan fingerprint density at radius 3 is 2.40 bits per heavy atom. The Bertz CT molecular complexity index is 962. The normalized spacial score (nSPS) is 12.3. The van der Waals surface area contributed by atoms with Gasteiger partial charge in [0.1, 0.15) is 11.6 Å². The van der Waals surface area contributed by atoms with Gasteiger partial charge >= 0.3 is 0 Å². The SMILES string of the molecule is CC[C@@H](NC(=O)CCCN(c1ccc(F)cc1)S(C)(=O)=O)c1ccc(OC)c(C)c1. The van der Waals surface area contributed by atoms with Gasteiger partial charge in [-0.3, -0.25) is 9.10 Å². The van der Waals surface area contributed by atoms with Crippen molar-refractivity contribution in [2.75, 3.05) is 24.2 Å². The van der Waals surface area contributed by atoms with Crippen molar-refractivity contribution in [2.45, 2.75) is 39.2 Å². The molecule has 1 amide bonds. The van der Waals surface area contributed by atoms with Crippen molar-refractivity contribution in [1.29, 1.82) is 0 Å². The minimum Gasteiger partial charge on any atom is -0.496 e. The van der Waals surface area contributed by atoms with Crippen molar-refractivity contribution in [3.63, 3.8) is 0 Å². The summed E-state index contributed by atoms with van der Waals surface area (Å²) in [6.07, 6.45) is 2.34. The molecule has 0 radical (unpaired) electrons. The highest BCUT2D eigenvalue weighted by Crippen LogP contribution is 2.24. The Morgan fingerprint density at radius 1 is 1.20 bits per heavy atom. The van der Waals surface area contributed by atoms with Crippen LogP contribution in [0.25, 0.3) is 0 Å². The summed E-state index contributed by atoms with van der Waals surface area (Å²) in [6.45, 7) is 4.08. The number of methoxy groups -OCH3 is 1. The zero-order valence-corrected chi connectivity index (χ0v) is 18.6. The molecule has 0 heterocycles. The van der Waals surface area contributed by atoms with E-state index in [0.29, 0.717) is 12.1 Å². The minimum absolute atomic E-state index is 0.134. The summed E-state index contributed by atoms with van der Waals surface area (Å²) in [5.41, 5.74) is 2.36. The molecule has 0 spiro atoms. The number of anilines is 1. The molecular weight excluding hydrogens is 407 g/mol. The van der Waals surface area contributed by atoms with E-state index in [9.17, 15) is 17.6 Å². The number of hydrogen-bond donors (Lipinski definition) is 1. The van der Waals surface area contributed by atoms with Crippen LogP contribution in [0.2, 0.25) is 0 Å². The number of benzene rings is 2. The first-order valence-electron chi connectivity index (χ1n) is 9.83. The van der Waals surface area contributed by atoms with Crippen molar-refractivity contribution >= 4 is 21.6 Å². The number of nitrogens with one attached hydrogen (secondary N) is 1. The lowest BCUT2D eigenvalue weighted by Crippen LogP contribution is -2.33. The van der Waals surface area contributed by atoms with Crippen LogP contribution in [0.5, 0.6) is 5.75 Å². The summed E-state index contributed by atoms with van der Waals surface area (Å²) in [5, 5.41) is 3.01. The van der Waals surface area contributed by atoms with Crippen LogP contribution in [-0.2, 0) is 14.8 Å². The Hall–Kier alpha value is -2.61. The Labute approximate surface area is 178 Å². The summed E-state index contributed by atoms with van der Waals surface area (Å²) in [4.78, 5) is 12.5. The first-order chi connectivity index (χ1) is 14.2. The maximum Gasteiger partial charge on any atom is 0.232 e. The van der Waals surface area contributed by atoms with Crippen LogP contribution in [0.3, 0.4) is 0 Å². The number of aryl methyl sites for hydroxylation is 1. The molecule has 2 rings (SSSR count). The molecule has 0 saturated heterocycles. The standard InChI is InChI=1S/C22H29FN2O4S/c1-5-20(17-8-13-21(29-3)16(2)15-17)24-22(26)7-6-14-25(30(4,27)28)19-11-9-18(23)10-12-19/h8-13,15,20H,5-7,14H2,1-4H3,(H,24,26)/t20-/m1/s1. The fourth-order valence-corrected chi connectivity index (χ4v) is 4.25. The lowest BCUT2D eigenvalue weighted by atomic mass is 10.0. The highest BCUT2D eigenvalue weighted by Gasteiger charge is 2.19. The van der Waals surface area contributed by atoms with E-state index in [4.69, 9.17) is 4.74 Å². The van der Waals surface area contributed by atoms with Gasteiger partial charge in [0, 0.05) is 13.0 Å². The maximum atomic E-state index is 13.1. The molecule has 30 heavy (non-hydrogen) atoms. The summed E-state index contributed by atoms with van der Waals surface area (Å²) < 4.78 is 43.8. The zero-order chi connectivity index (χ0) is 22.3. The van der Waals surface area contributed by atoms with E-state index in [1.54, 1.807) is 7.11 Å². The highest BCUT2D eigenvalue weighted by atomic mass is 32.2. The van der Waals surface area contributed by atoms with Gasteiger partial charge in [-0.15, -0.1) is 0 Å². The lowest BCUT2D eigenvalue weighted by molar-refractivity contribution is -0.121. The topological polar surface area (TPSA) is 75.7 Å². The van der Waals surface area contributed by atoms with Crippen molar-refractivity contribution < 1.29 is 22.3 Å². The molecule has 164 valence electrons. The Balaban J connectivity index is 1.98. The van der Waals surface area contributed by atoms with Crippen LogP contribution in [-0.4, -0.2) is 34.2 Å². The second-order valence-corrected chi connectivity index (χ2v) is 9.08. The van der Waals surface area contributed by atoms with Gasteiger partial charge in [-0.1, -0.05) is 19.1 Å². The second-order valence-electron chi connectivity index (χ2n) is 7.17. The molecule has 0 bridgehead atoms. The summed E-state index contributed by atoms with van der Waals surface area (Å²) in [7, 11) is -1.93. The number of amides is 1. The quantitative estimate of drug-likeness (QED) is 0.612. The number of nitrogens with zero attached hydrogens (tertiary/aromatic N) is 1.